The van der Waals surface area contributed by atoms with E-state index in [2.05, 4.69) is 47.2 Å². The Bertz CT molecular complexity index is 298. The highest BCUT2D eigenvalue weighted by Gasteiger charge is 1.93. The summed E-state index contributed by atoms with van der Waals surface area (Å²) in [7, 11) is 0. The van der Waals surface area contributed by atoms with Gasteiger partial charge in [-0.15, -0.1) is 0 Å². The third-order valence-electron chi connectivity index (χ3n) is 0. The molecule has 0 aliphatic heterocycles. The van der Waals surface area contributed by atoms with Gasteiger partial charge in [-0.05, 0) is 47.2 Å². The van der Waals surface area contributed by atoms with Crippen LogP contribution in [0.5, 0.6) is 0 Å². The van der Waals surface area contributed by atoms with Gasteiger partial charge in [0, 0.05) is 0 Å². The summed E-state index contributed by atoms with van der Waals surface area (Å²) in [5.41, 5.74) is 0. The Kier molecular flexibility index (Phi) is 25.3. The minimum Gasteiger partial charge on any atom is -0.325 e. The number of rotatable bonds is 0. The molecule has 0 saturated heterocycles. The summed E-state index contributed by atoms with van der Waals surface area (Å²) < 4.78 is 0. The summed E-state index contributed by atoms with van der Waals surface area (Å²) in [5.74, 6) is 0. The third-order valence-corrected chi connectivity index (χ3v) is 0. The number of hydrogen-bond acceptors (Lipinski definition) is 4. The Balaban J connectivity index is -0.0000000533. The van der Waals surface area contributed by atoms with Gasteiger partial charge in [-0.1, -0.05) is 0 Å². The maximum Gasteiger partial charge on any atom is 0.319 e. The third kappa shape index (κ3) is 1200. The predicted octanol–water partition coefficient (Wildman–Crippen LogP) is -4.17. The molecule has 0 unspecified atom stereocenters. The molecule has 0 bridgehead atoms. The molecule has 0 saturated carbocycles. The average molecular weight is 483 g/mol. The first-order chi connectivity index (χ1) is 8.00. The van der Waals surface area contributed by atoms with Crippen molar-refractivity contribution in [2.75, 3.05) is 0 Å². The predicted molar refractivity (Wildman–Crippen MR) is 92.3 cm³/mol. The second-order valence-corrected chi connectivity index (χ2v) is 12.0. The molecule has 0 aromatic rings. The summed E-state index contributed by atoms with van der Waals surface area (Å²) >= 11 is 14.4. The van der Waals surface area contributed by atoms with Gasteiger partial charge in [0.2, 0.25) is 0 Å². The van der Waals surface area contributed by atoms with Crippen molar-refractivity contribution in [3.63, 3.8) is 0 Å². The van der Waals surface area contributed by atoms with Gasteiger partial charge < -0.3 is 58.7 Å². The maximum atomic E-state index is 7.56. The fourth-order valence-corrected chi connectivity index (χ4v) is 0. The van der Waals surface area contributed by atoms with E-state index < -0.39 is 26.9 Å². The molecule has 12 nitrogen and oxygen atoms in total. The van der Waals surface area contributed by atoms with E-state index in [1.165, 1.54) is 0 Å². The summed E-state index contributed by atoms with van der Waals surface area (Å²) in [6.07, 6.45) is 0. The van der Waals surface area contributed by atoms with Gasteiger partial charge in [0.05, 0.1) is 0 Å². The Morgan fingerprint density at radius 1 is 0.333 bits per heavy atom. The molecule has 0 rings (SSSR count). The molecule has 0 radical (unpaired) electrons. The van der Waals surface area contributed by atoms with Crippen molar-refractivity contribution in [2.45, 2.75) is 0 Å². The molecule has 0 amide bonds. The van der Waals surface area contributed by atoms with E-state index in [4.69, 9.17) is 58.7 Å². The first-order valence-corrected chi connectivity index (χ1v) is 13.8. The minimum absolute atomic E-state index is 0. The maximum absolute atomic E-state index is 7.56. The molecular formula is H14MgO12P4S4. The zero-order chi connectivity index (χ0) is 18.0. The molecule has 21 heteroatoms. The highest BCUT2D eigenvalue weighted by molar-refractivity contribution is 8.07. The van der Waals surface area contributed by atoms with Crippen molar-refractivity contribution >= 4 is 97.2 Å². The van der Waals surface area contributed by atoms with Crippen LogP contribution in [0.25, 0.3) is 0 Å². The van der Waals surface area contributed by atoms with Crippen molar-refractivity contribution in [1.29, 1.82) is 0 Å². The van der Waals surface area contributed by atoms with Crippen LogP contribution in [-0.2, 0) is 47.2 Å². The van der Waals surface area contributed by atoms with Crippen molar-refractivity contribution in [1.82, 2.24) is 0 Å². The molecule has 21 heavy (non-hydrogen) atoms. The van der Waals surface area contributed by atoms with Crippen LogP contribution in [0.2, 0.25) is 0 Å². The molecular weight excluding hydrogens is 468 g/mol. The molecule has 0 heterocycles. The van der Waals surface area contributed by atoms with E-state index in [-0.39, 0.29) is 23.1 Å². The van der Waals surface area contributed by atoms with E-state index >= 15 is 0 Å². The summed E-state index contributed by atoms with van der Waals surface area (Å²) in [5, 5.41) is 0. The largest absolute Gasteiger partial charge is 0.325 e. The van der Waals surface area contributed by atoms with Crippen molar-refractivity contribution in [2.24, 2.45) is 0 Å². The fourth-order valence-electron chi connectivity index (χ4n) is 0. The van der Waals surface area contributed by atoms with Gasteiger partial charge in [-0.25, -0.2) is 0 Å². The molecule has 0 atom stereocenters. The standard InChI is InChI=1S/Mg.4H3O3PS.2H/c;4*1-4(2,3)5;;/h;4*(H3,1,2,3,5);;. The smallest absolute Gasteiger partial charge is 0.319 e. The van der Waals surface area contributed by atoms with Gasteiger partial charge in [-0.2, -0.15) is 0 Å². The lowest BCUT2D eigenvalue weighted by atomic mass is 15.8. The molecule has 0 aliphatic rings. The van der Waals surface area contributed by atoms with Crippen LogP contribution in [0.1, 0.15) is 0 Å². The van der Waals surface area contributed by atoms with E-state index in [9.17, 15) is 0 Å². The van der Waals surface area contributed by atoms with Crippen LogP contribution in [0.3, 0.4) is 0 Å². The van der Waals surface area contributed by atoms with Crippen LogP contribution in [0, 0.1) is 0 Å². The Hall–Kier alpha value is 2.89. The quantitative estimate of drug-likeness (QED) is 0.116. The van der Waals surface area contributed by atoms with Crippen LogP contribution < -0.4 is 0 Å². The first kappa shape index (κ1) is 35.1. The van der Waals surface area contributed by atoms with Crippen LogP contribution in [-0.4, -0.2) is 81.8 Å². The molecule has 132 valence electrons. The lowest BCUT2D eigenvalue weighted by Crippen LogP contribution is -1.65. The van der Waals surface area contributed by atoms with Crippen LogP contribution >= 0.6 is 26.9 Å². The summed E-state index contributed by atoms with van der Waals surface area (Å²) in [4.78, 5) is 90.7. The van der Waals surface area contributed by atoms with E-state index in [0.29, 0.717) is 0 Å². The number of hydrogen-bond donors (Lipinski definition) is 12. The van der Waals surface area contributed by atoms with Crippen molar-refractivity contribution in [3.05, 3.63) is 0 Å². The van der Waals surface area contributed by atoms with Crippen molar-refractivity contribution < 1.29 is 58.7 Å². The molecule has 0 aliphatic carbocycles. The normalized spacial score (nSPS) is 11.2. The van der Waals surface area contributed by atoms with Gasteiger partial charge >= 0.3 is 49.9 Å². The van der Waals surface area contributed by atoms with Gasteiger partial charge in [0.1, 0.15) is 0 Å². The lowest BCUT2D eigenvalue weighted by Gasteiger charge is -1.88. The summed E-state index contributed by atoms with van der Waals surface area (Å²) in [6.45, 7) is -15.2. The van der Waals surface area contributed by atoms with Crippen LogP contribution in [0.15, 0.2) is 0 Å². The highest BCUT2D eigenvalue weighted by atomic mass is 32.5. The highest BCUT2D eigenvalue weighted by Crippen LogP contribution is 2.27. The molecule has 0 fully saturated rings. The lowest BCUT2D eigenvalue weighted by molar-refractivity contribution is 0.361. The van der Waals surface area contributed by atoms with Gasteiger partial charge in [0.25, 0.3) is 0 Å². The topological polar surface area (TPSA) is 243 Å². The Morgan fingerprint density at radius 3 is 0.333 bits per heavy atom. The monoisotopic (exact) mass is 482 g/mol. The van der Waals surface area contributed by atoms with Gasteiger partial charge in [0.15, 0.2) is 0 Å². The zero-order valence-electron chi connectivity index (χ0n) is 8.79. The Morgan fingerprint density at radius 2 is 0.333 bits per heavy atom. The zero-order valence-corrected chi connectivity index (χ0v) is 15.6. The van der Waals surface area contributed by atoms with Gasteiger partial charge in [-0.3, -0.25) is 0 Å². The Labute approximate surface area is 155 Å². The second-order valence-electron chi connectivity index (χ2n) is 2.05. The van der Waals surface area contributed by atoms with E-state index in [1.54, 1.807) is 0 Å². The second kappa shape index (κ2) is 15.2. The summed E-state index contributed by atoms with van der Waals surface area (Å²) in [6, 6.07) is 0. The first-order valence-electron chi connectivity index (χ1n) is 3.13. The van der Waals surface area contributed by atoms with Crippen LogP contribution in [0.4, 0.5) is 0 Å². The minimum atomic E-state index is -3.81. The molecule has 0 spiro atoms. The van der Waals surface area contributed by atoms with E-state index in [0.717, 1.165) is 0 Å². The van der Waals surface area contributed by atoms with Crippen molar-refractivity contribution in [3.8, 4) is 0 Å². The average Bonchev–Trinajstić information content (AvgIpc) is 1.62. The fraction of sp³-hybridized carbons (Fsp3) is 0. The SMILES string of the molecule is OP(O)(O)=S.OP(O)(O)=S.OP(O)(O)=S.OP(O)(O)=S.[MgH2]. The molecule has 0 aromatic heterocycles. The molecule has 12 N–H and O–H groups in total. The van der Waals surface area contributed by atoms with E-state index in [1.807, 2.05) is 0 Å². The molecule has 0 aromatic carbocycles.